The molecule has 31 heavy (non-hydrogen) atoms. The van der Waals surface area contributed by atoms with Crippen LogP contribution in [0.1, 0.15) is 30.7 Å². The molecule has 0 saturated heterocycles. The summed E-state index contributed by atoms with van der Waals surface area (Å²) in [6, 6.07) is 11.1. The summed E-state index contributed by atoms with van der Waals surface area (Å²) in [5.74, 6) is -1.61. The number of aromatic nitrogens is 1. The van der Waals surface area contributed by atoms with Crippen LogP contribution < -0.4 is 15.0 Å². The molecule has 9 nitrogen and oxygen atoms in total. The maximum atomic E-state index is 12.7. The molecule has 0 unspecified atom stereocenters. The second-order valence-corrected chi connectivity index (χ2v) is 7.40. The minimum atomic E-state index is -1.25. The number of hydrogen-bond donors (Lipinski definition) is 3. The van der Waals surface area contributed by atoms with Gasteiger partial charge in [0.1, 0.15) is 23.6 Å². The number of ether oxygens (including phenoxy) is 1. The molecule has 2 aliphatic rings. The molecule has 1 aromatic carbocycles. The van der Waals surface area contributed by atoms with Gasteiger partial charge in [-0.1, -0.05) is 12.1 Å². The first-order chi connectivity index (χ1) is 14.9. The minimum Gasteiger partial charge on any atom is -0.511 e. The second-order valence-electron chi connectivity index (χ2n) is 7.40. The predicted molar refractivity (Wildman–Crippen MR) is 110 cm³/mol. The number of anilines is 1. The number of pyridine rings is 1. The third kappa shape index (κ3) is 4.66. The lowest BCUT2D eigenvalue weighted by molar-refractivity contribution is -0.137. The van der Waals surface area contributed by atoms with Crippen LogP contribution in [0.5, 0.6) is 11.6 Å². The van der Waals surface area contributed by atoms with Gasteiger partial charge in [-0.15, -0.1) is 0 Å². The number of amides is 2. The average Bonchev–Trinajstić information content (AvgIpc) is 3.59. The molecule has 0 spiro atoms. The van der Waals surface area contributed by atoms with Crippen LogP contribution in [-0.4, -0.2) is 46.1 Å². The molecule has 1 fully saturated rings. The van der Waals surface area contributed by atoms with Crippen LogP contribution in [0.15, 0.2) is 53.9 Å². The van der Waals surface area contributed by atoms with Crippen molar-refractivity contribution < 1.29 is 29.3 Å². The fourth-order valence-corrected chi connectivity index (χ4v) is 3.36. The molecule has 2 aromatic rings. The number of aliphatic carboxylic acids is 1. The highest BCUT2D eigenvalue weighted by Gasteiger charge is 2.33. The van der Waals surface area contributed by atoms with Gasteiger partial charge < -0.3 is 25.2 Å². The SMILES string of the molecule is O=C(O)CNC(=O)C1=C(O)CCN(c2ccc(Oc3ccc(C4CC4)cc3)nc2)C1=O. The summed E-state index contributed by atoms with van der Waals surface area (Å²) in [6.45, 7) is -0.497. The number of benzene rings is 1. The van der Waals surface area contributed by atoms with Gasteiger partial charge in [-0.3, -0.25) is 14.4 Å². The second kappa shape index (κ2) is 8.47. The van der Waals surface area contributed by atoms with E-state index in [4.69, 9.17) is 9.84 Å². The molecule has 160 valence electrons. The first-order valence-corrected chi connectivity index (χ1v) is 9.90. The fraction of sp³-hybridized carbons (Fsp3) is 0.273. The molecule has 1 aliphatic carbocycles. The normalized spacial score (nSPS) is 16.3. The number of aliphatic hydroxyl groups is 1. The fourth-order valence-electron chi connectivity index (χ4n) is 3.36. The topological polar surface area (TPSA) is 129 Å². The number of hydrogen-bond acceptors (Lipinski definition) is 6. The molecule has 4 rings (SSSR count). The van der Waals surface area contributed by atoms with E-state index < -0.39 is 29.9 Å². The van der Waals surface area contributed by atoms with E-state index in [0.717, 1.165) is 0 Å². The number of carboxylic acids is 1. The van der Waals surface area contributed by atoms with Crippen LogP contribution in [0.2, 0.25) is 0 Å². The summed E-state index contributed by atoms with van der Waals surface area (Å²) in [5.41, 5.74) is 1.26. The van der Waals surface area contributed by atoms with Crippen LogP contribution in [0.4, 0.5) is 5.69 Å². The molecule has 1 aromatic heterocycles. The highest BCUT2D eigenvalue weighted by Crippen LogP contribution is 2.40. The van der Waals surface area contributed by atoms with E-state index in [1.165, 1.54) is 29.5 Å². The third-order valence-corrected chi connectivity index (χ3v) is 5.13. The Morgan fingerprint density at radius 1 is 1.16 bits per heavy atom. The Labute approximate surface area is 178 Å². The molecule has 2 heterocycles. The lowest BCUT2D eigenvalue weighted by Gasteiger charge is -2.27. The van der Waals surface area contributed by atoms with Gasteiger partial charge in [-0.05, 0) is 42.5 Å². The van der Waals surface area contributed by atoms with Crippen molar-refractivity contribution >= 4 is 23.5 Å². The number of nitrogens with zero attached hydrogens (tertiary/aromatic N) is 2. The van der Waals surface area contributed by atoms with Crippen LogP contribution in [-0.2, 0) is 14.4 Å². The summed E-state index contributed by atoms with van der Waals surface area (Å²) in [6.07, 6.45) is 3.97. The molecule has 3 N–H and O–H groups in total. The standard InChI is InChI=1S/C22H21N3O6/c26-17-9-10-25(22(30)20(17)21(29)24-12-19(27)28)15-5-8-18(23-11-15)31-16-6-3-14(4-7-16)13-1-2-13/h3-8,11,13,26H,1-2,9-10,12H2,(H,24,29)(H,27,28). The van der Waals surface area contributed by atoms with Crippen molar-refractivity contribution in [2.75, 3.05) is 18.0 Å². The zero-order valence-electron chi connectivity index (χ0n) is 16.6. The smallest absolute Gasteiger partial charge is 0.322 e. The highest BCUT2D eigenvalue weighted by atomic mass is 16.5. The summed E-state index contributed by atoms with van der Waals surface area (Å²) in [5, 5.41) is 20.8. The Kier molecular flexibility index (Phi) is 5.57. The summed E-state index contributed by atoms with van der Waals surface area (Å²) < 4.78 is 5.75. The van der Waals surface area contributed by atoms with E-state index in [1.54, 1.807) is 12.1 Å². The zero-order chi connectivity index (χ0) is 22.0. The average molecular weight is 423 g/mol. The molecule has 0 atom stereocenters. The third-order valence-electron chi connectivity index (χ3n) is 5.13. The van der Waals surface area contributed by atoms with E-state index >= 15 is 0 Å². The quantitative estimate of drug-likeness (QED) is 0.584. The van der Waals surface area contributed by atoms with Gasteiger partial charge in [-0.2, -0.15) is 0 Å². The van der Waals surface area contributed by atoms with Crippen LogP contribution >= 0.6 is 0 Å². The van der Waals surface area contributed by atoms with E-state index in [-0.39, 0.29) is 18.7 Å². The number of nitrogens with one attached hydrogen (secondary N) is 1. The van der Waals surface area contributed by atoms with E-state index in [9.17, 15) is 19.5 Å². The number of aliphatic hydroxyl groups excluding tert-OH is 1. The largest absolute Gasteiger partial charge is 0.511 e. The van der Waals surface area contributed by atoms with Crippen LogP contribution in [0.25, 0.3) is 0 Å². The van der Waals surface area contributed by atoms with Gasteiger partial charge in [0.05, 0.1) is 11.9 Å². The van der Waals surface area contributed by atoms with Gasteiger partial charge in [0, 0.05) is 19.0 Å². The highest BCUT2D eigenvalue weighted by molar-refractivity contribution is 6.24. The molecular formula is C22H21N3O6. The van der Waals surface area contributed by atoms with Gasteiger partial charge in [-0.25, -0.2) is 4.98 Å². The monoisotopic (exact) mass is 423 g/mol. The number of carbonyl (C=O) groups is 3. The van der Waals surface area contributed by atoms with Crippen molar-refractivity contribution in [2.45, 2.75) is 25.2 Å². The minimum absolute atomic E-state index is 0.0627. The Morgan fingerprint density at radius 2 is 1.90 bits per heavy atom. The van der Waals surface area contributed by atoms with Crippen molar-refractivity contribution in [3.05, 3.63) is 59.5 Å². The Bertz CT molecular complexity index is 1040. The number of rotatable bonds is 7. The van der Waals surface area contributed by atoms with Crippen LogP contribution in [0.3, 0.4) is 0 Å². The molecular weight excluding hydrogens is 402 g/mol. The Morgan fingerprint density at radius 3 is 2.52 bits per heavy atom. The van der Waals surface area contributed by atoms with Gasteiger partial charge in [0.25, 0.3) is 11.8 Å². The summed E-state index contributed by atoms with van der Waals surface area (Å²) in [4.78, 5) is 41.1. The Balaban J connectivity index is 1.43. The molecule has 1 saturated carbocycles. The van der Waals surface area contributed by atoms with E-state index in [2.05, 4.69) is 10.3 Å². The van der Waals surface area contributed by atoms with Crippen molar-refractivity contribution in [1.82, 2.24) is 10.3 Å². The summed E-state index contributed by atoms with van der Waals surface area (Å²) in [7, 11) is 0. The lowest BCUT2D eigenvalue weighted by atomic mass is 10.1. The van der Waals surface area contributed by atoms with Crippen molar-refractivity contribution in [1.29, 1.82) is 0 Å². The van der Waals surface area contributed by atoms with Crippen molar-refractivity contribution in [2.24, 2.45) is 0 Å². The first kappa shape index (κ1) is 20.4. The first-order valence-electron chi connectivity index (χ1n) is 9.90. The van der Waals surface area contributed by atoms with E-state index in [0.29, 0.717) is 23.2 Å². The molecule has 0 radical (unpaired) electrons. The molecule has 0 bridgehead atoms. The van der Waals surface area contributed by atoms with Crippen molar-refractivity contribution in [3.8, 4) is 11.6 Å². The van der Waals surface area contributed by atoms with Crippen LogP contribution in [0, 0.1) is 0 Å². The van der Waals surface area contributed by atoms with Gasteiger partial charge in [0.15, 0.2) is 0 Å². The maximum absolute atomic E-state index is 12.7. The number of carboxylic acid groups (broad SMARTS) is 1. The molecule has 1 aliphatic heterocycles. The van der Waals surface area contributed by atoms with Crippen molar-refractivity contribution in [3.63, 3.8) is 0 Å². The lowest BCUT2D eigenvalue weighted by Crippen LogP contribution is -2.43. The zero-order valence-corrected chi connectivity index (χ0v) is 16.6. The summed E-state index contributed by atoms with van der Waals surface area (Å²) >= 11 is 0. The van der Waals surface area contributed by atoms with Gasteiger partial charge in [0.2, 0.25) is 5.88 Å². The number of carbonyl (C=O) groups excluding carboxylic acids is 2. The predicted octanol–water partition coefficient (Wildman–Crippen LogP) is 2.50. The molecule has 9 heteroatoms. The molecule has 2 amide bonds. The maximum Gasteiger partial charge on any atom is 0.322 e. The Hall–Kier alpha value is -3.88. The van der Waals surface area contributed by atoms with Gasteiger partial charge >= 0.3 is 5.97 Å². The van der Waals surface area contributed by atoms with E-state index in [1.807, 2.05) is 24.3 Å².